The van der Waals surface area contributed by atoms with Crippen molar-refractivity contribution in [3.8, 4) is 0 Å². The summed E-state index contributed by atoms with van der Waals surface area (Å²) in [5.74, 6) is 0.230. The third kappa shape index (κ3) is 4.07. The number of carbonyl (C=O) groups excluding carboxylic acids is 2. The summed E-state index contributed by atoms with van der Waals surface area (Å²) in [7, 11) is 0. The van der Waals surface area contributed by atoms with Gasteiger partial charge < -0.3 is 10.2 Å². The summed E-state index contributed by atoms with van der Waals surface area (Å²) in [5.41, 5.74) is 3.07. The normalized spacial score (nSPS) is 23.9. The maximum absolute atomic E-state index is 12.7. The van der Waals surface area contributed by atoms with Crippen LogP contribution in [0.5, 0.6) is 0 Å². The second-order valence-electron chi connectivity index (χ2n) is 8.64. The van der Waals surface area contributed by atoms with E-state index in [0.717, 1.165) is 42.6 Å². The molecular weight excluding hydrogens is 364 g/mol. The molecule has 2 amide bonds. The van der Waals surface area contributed by atoms with Crippen molar-refractivity contribution in [3.05, 3.63) is 53.3 Å². The molecule has 1 aromatic heterocycles. The van der Waals surface area contributed by atoms with Crippen LogP contribution in [0.3, 0.4) is 0 Å². The third-order valence-corrected chi connectivity index (χ3v) is 6.62. The molecule has 2 aromatic rings. The van der Waals surface area contributed by atoms with Gasteiger partial charge in [0.15, 0.2) is 0 Å². The molecule has 0 radical (unpaired) electrons. The summed E-state index contributed by atoms with van der Waals surface area (Å²) in [4.78, 5) is 27.4. The second kappa shape index (κ2) is 8.01. The molecule has 1 aromatic carbocycles. The average molecular weight is 395 g/mol. The van der Waals surface area contributed by atoms with Crippen LogP contribution in [0.2, 0.25) is 0 Å². The largest absolute Gasteiger partial charge is 0.354 e. The highest BCUT2D eigenvalue weighted by Crippen LogP contribution is 2.48. The summed E-state index contributed by atoms with van der Waals surface area (Å²) in [5, 5.41) is 7.54. The Labute approximate surface area is 172 Å². The fraction of sp³-hybridized carbons (Fsp3) is 0.522. The van der Waals surface area contributed by atoms with Crippen LogP contribution >= 0.6 is 0 Å². The highest BCUT2D eigenvalue weighted by molar-refractivity contribution is 5.78. The van der Waals surface area contributed by atoms with Gasteiger partial charge in [-0.25, -0.2) is 0 Å². The Hall–Kier alpha value is -2.63. The second-order valence-corrected chi connectivity index (χ2v) is 8.64. The Bertz CT molecular complexity index is 892. The number of piperidine rings is 1. The Morgan fingerprint density at radius 1 is 1.24 bits per heavy atom. The van der Waals surface area contributed by atoms with Gasteiger partial charge in [-0.2, -0.15) is 5.10 Å². The van der Waals surface area contributed by atoms with Crippen LogP contribution in [0.4, 0.5) is 0 Å². The van der Waals surface area contributed by atoms with E-state index in [1.54, 1.807) is 4.68 Å². The molecule has 1 N–H and O–H groups in total. The lowest BCUT2D eigenvalue weighted by atomic mass is 9.74. The molecule has 4 rings (SSSR count). The van der Waals surface area contributed by atoms with Crippen LogP contribution < -0.4 is 5.32 Å². The lowest BCUT2D eigenvalue weighted by molar-refractivity contribution is -0.142. The Morgan fingerprint density at radius 3 is 2.76 bits per heavy atom. The molecule has 6 heteroatoms. The van der Waals surface area contributed by atoms with Crippen molar-refractivity contribution in [2.75, 3.05) is 6.54 Å². The van der Waals surface area contributed by atoms with Crippen LogP contribution in [0, 0.1) is 19.3 Å². The molecule has 1 saturated carbocycles. The van der Waals surface area contributed by atoms with E-state index < -0.39 is 0 Å². The number of carbonyl (C=O) groups is 2. The van der Waals surface area contributed by atoms with Gasteiger partial charge in [0.25, 0.3) is 0 Å². The third-order valence-electron chi connectivity index (χ3n) is 6.62. The van der Waals surface area contributed by atoms with Crippen LogP contribution in [0.25, 0.3) is 0 Å². The van der Waals surface area contributed by atoms with E-state index in [2.05, 4.69) is 27.4 Å². The lowest BCUT2D eigenvalue weighted by Gasteiger charge is -2.46. The predicted octanol–water partition coefficient (Wildman–Crippen LogP) is 2.98. The first-order chi connectivity index (χ1) is 14.0. The first-order valence-corrected chi connectivity index (χ1v) is 10.6. The van der Waals surface area contributed by atoms with Crippen molar-refractivity contribution in [1.29, 1.82) is 0 Å². The number of nitrogens with zero attached hydrogens (tertiary/aromatic N) is 3. The van der Waals surface area contributed by atoms with Crippen molar-refractivity contribution < 1.29 is 9.59 Å². The molecule has 1 saturated heterocycles. The van der Waals surface area contributed by atoms with Gasteiger partial charge in [0.05, 0.1) is 5.69 Å². The van der Waals surface area contributed by atoms with Gasteiger partial charge in [-0.05, 0) is 44.7 Å². The van der Waals surface area contributed by atoms with E-state index in [0.29, 0.717) is 19.5 Å². The molecule has 2 atom stereocenters. The number of rotatable bonds is 6. The maximum atomic E-state index is 12.7. The SMILES string of the molecule is Cc1cc(C)n(CC(=O)NC[C@@]23CCC[C@H]2N(Cc2ccccc2)C(=O)CC3)n1. The first kappa shape index (κ1) is 19.7. The maximum Gasteiger partial charge on any atom is 0.241 e. The van der Waals surface area contributed by atoms with Gasteiger partial charge in [0.2, 0.25) is 11.8 Å². The molecule has 29 heavy (non-hydrogen) atoms. The van der Waals surface area contributed by atoms with Crippen LogP contribution in [-0.4, -0.2) is 39.1 Å². The zero-order valence-corrected chi connectivity index (χ0v) is 17.4. The smallest absolute Gasteiger partial charge is 0.241 e. The van der Waals surface area contributed by atoms with E-state index in [9.17, 15) is 9.59 Å². The standard InChI is InChI=1S/C23H30N4O2/c1-17-13-18(2)27(25-17)15-21(28)24-16-23-11-6-9-20(23)26(22(29)10-12-23)14-19-7-4-3-5-8-19/h3-5,7-8,13,20H,6,9-12,14-16H2,1-2H3,(H,24,28)/t20-,23+/m1/s1. The summed E-state index contributed by atoms with van der Waals surface area (Å²) in [6.07, 6.45) is 4.62. The van der Waals surface area contributed by atoms with Gasteiger partial charge in [-0.3, -0.25) is 14.3 Å². The first-order valence-electron chi connectivity index (χ1n) is 10.6. The number of nitrogens with one attached hydrogen (secondary N) is 1. The topological polar surface area (TPSA) is 67.2 Å². The Morgan fingerprint density at radius 2 is 2.03 bits per heavy atom. The number of likely N-dealkylation sites (tertiary alicyclic amines) is 1. The van der Waals surface area contributed by atoms with E-state index >= 15 is 0 Å². The van der Waals surface area contributed by atoms with E-state index in [-0.39, 0.29) is 29.8 Å². The molecule has 0 unspecified atom stereocenters. The molecular formula is C23H30N4O2. The van der Waals surface area contributed by atoms with E-state index in [1.807, 2.05) is 38.1 Å². The zero-order chi connectivity index (χ0) is 20.4. The highest BCUT2D eigenvalue weighted by Gasteiger charge is 2.50. The van der Waals surface area contributed by atoms with Crippen LogP contribution in [0.1, 0.15) is 49.1 Å². The van der Waals surface area contributed by atoms with Crippen molar-refractivity contribution in [1.82, 2.24) is 20.0 Å². The fourth-order valence-electron chi connectivity index (χ4n) is 5.15. The molecule has 0 bridgehead atoms. The molecule has 2 fully saturated rings. The molecule has 2 aliphatic rings. The predicted molar refractivity (Wildman–Crippen MR) is 111 cm³/mol. The summed E-state index contributed by atoms with van der Waals surface area (Å²) in [6, 6.07) is 12.4. The number of hydrogen-bond acceptors (Lipinski definition) is 3. The zero-order valence-electron chi connectivity index (χ0n) is 17.4. The van der Waals surface area contributed by atoms with Crippen molar-refractivity contribution in [3.63, 3.8) is 0 Å². The number of aromatic nitrogens is 2. The summed E-state index contributed by atoms with van der Waals surface area (Å²) < 4.78 is 1.75. The van der Waals surface area contributed by atoms with Crippen LogP contribution in [-0.2, 0) is 22.7 Å². The van der Waals surface area contributed by atoms with E-state index in [1.165, 1.54) is 0 Å². The van der Waals surface area contributed by atoms with E-state index in [4.69, 9.17) is 0 Å². The average Bonchev–Trinajstić information content (AvgIpc) is 3.27. The van der Waals surface area contributed by atoms with Crippen molar-refractivity contribution in [2.24, 2.45) is 5.41 Å². The van der Waals surface area contributed by atoms with Gasteiger partial charge in [0.1, 0.15) is 6.54 Å². The molecule has 2 heterocycles. The minimum absolute atomic E-state index is 0.00652. The number of fused-ring (bicyclic) bond motifs is 1. The number of hydrogen-bond donors (Lipinski definition) is 1. The highest BCUT2D eigenvalue weighted by atomic mass is 16.2. The Kier molecular flexibility index (Phi) is 5.43. The minimum Gasteiger partial charge on any atom is -0.354 e. The van der Waals surface area contributed by atoms with Crippen LogP contribution in [0.15, 0.2) is 36.4 Å². The molecule has 0 spiro atoms. The monoisotopic (exact) mass is 394 g/mol. The molecule has 1 aliphatic heterocycles. The summed E-state index contributed by atoms with van der Waals surface area (Å²) >= 11 is 0. The number of amides is 2. The summed E-state index contributed by atoms with van der Waals surface area (Å²) in [6.45, 7) is 5.43. The van der Waals surface area contributed by atoms with Crippen molar-refractivity contribution in [2.45, 2.75) is 65.1 Å². The minimum atomic E-state index is -0.0114. The molecule has 1 aliphatic carbocycles. The van der Waals surface area contributed by atoms with Gasteiger partial charge in [0, 0.05) is 36.7 Å². The lowest BCUT2D eigenvalue weighted by Crippen LogP contribution is -2.55. The molecule has 6 nitrogen and oxygen atoms in total. The van der Waals surface area contributed by atoms with Gasteiger partial charge in [-0.15, -0.1) is 0 Å². The Balaban J connectivity index is 1.43. The number of benzene rings is 1. The number of aryl methyl sites for hydroxylation is 2. The molecule has 154 valence electrons. The van der Waals surface area contributed by atoms with Gasteiger partial charge >= 0.3 is 0 Å². The quantitative estimate of drug-likeness (QED) is 0.819. The van der Waals surface area contributed by atoms with Crippen molar-refractivity contribution >= 4 is 11.8 Å². The fourth-order valence-corrected chi connectivity index (χ4v) is 5.15. The van der Waals surface area contributed by atoms with Gasteiger partial charge in [-0.1, -0.05) is 36.8 Å².